The number of aliphatic hydroxyl groups excluding tert-OH is 1. The van der Waals surface area contributed by atoms with Crippen LogP contribution in [0.4, 0.5) is 0 Å². The maximum atomic E-state index is 10.8. The highest BCUT2D eigenvalue weighted by atomic mass is 16.5. The molecule has 2 atom stereocenters. The molecule has 0 amide bonds. The molecule has 0 radical (unpaired) electrons. The van der Waals surface area contributed by atoms with Gasteiger partial charge < -0.3 is 20.1 Å². The minimum atomic E-state index is -0.481. The largest absolute Gasteiger partial charge is 0.494 e. The van der Waals surface area contributed by atoms with Crippen LogP contribution < -0.4 is 10.1 Å². The van der Waals surface area contributed by atoms with E-state index in [9.17, 15) is 5.11 Å². The predicted octanol–water partition coefficient (Wildman–Crippen LogP) is 3.48. The Balaban J connectivity index is 1.93. The Morgan fingerprint density at radius 3 is 2.54 bits per heavy atom. The molecule has 0 bridgehead atoms. The molecule has 4 nitrogen and oxygen atoms in total. The van der Waals surface area contributed by atoms with Crippen molar-refractivity contribution in [2.24, 2.45) is 5.92 Å². The van der Waals surface area contributed by atoms with E-state index in [0.29, 0.717) is 0 Å². The van der Waals surface area contributed by atoms with E-state index < -0.39 is 6.10 Å². The average Bonchev–Trinajstić information content (AvgIpc) is 2.66. The Labute approximate surface area is 157 Å². The number of nitrogens with zero attached hydrogens (tertiary/aromatic N) is 1. The maximum absolute atomic E-state index is 10.8. The van der Waals surface area contributed by atoms with Crippen LogP contribution in [0.5, 0.6) is 5.75 Å². The molecule has 0 heterocycles. The van der Waals surface area contributed by atoms with Crippen LogP contribution in [0.3, 0.4) is 0 Å². The molecule has 0 aliphatic heterocycles. The molecular weight excluding hydrogens is 324 g/mol. The van der Waals surface area contributed by atoms with E-state index in [1.165, 1.54) is 5.56 Å². The molecule has 2 N–H and O–H groups in total. The van der Waals surface area contributed by atoms with E-state index in [1.807, 2.05) is 56.6 Å². The molecule has 0 saturated carbocycles. The summed E-state index contributed by atoms with van der Waals surface area (Å²) in [7, 11) is 4.08. The molecule has 0 aliphatic carbocycles. The molecule has 0 unspecified atom stereocenters. The normalized spacial score (nSPS) is 13.6. The molecule has 26 heavy (non-hydrogen) atoms. The third-order valence-electron chi connectivity index (χ3n) is 4.29. The molecule has 0 aliphatic rings. The van der Waals surface area contributed by atoms with Crippen molar-refractivity contribution in [1.82, 2.24) is 10.2 Å². The molecule has 2 aromatic carbocycles. The van der Waals surface area contributed by atoms with Crippen LogP contribution in [0.2, 0.25) is 0 Å². The van der Waals surface area contributed by atoms with Crippen LogP contribution in [0.15, 0.2) is 54.6 Å². The second-order valence-electron chi connectivity index (χ2n) is 7.00. The summed E-state index contributed by atoms with van der Waals surface area (Å²) in [5, 5.41) is 14.3. The summed E-state index contributed by atoms with van der Waals surface area (Å²) in [6.45, 7) is 5.17. The molecule has 0 spiro atoms. The summed E-state index contributed by atoms with van der Waals surface area (Å²) in [4.78, 5) is 2.12. The van der Waals surface area contributed by atoms with Gasteiger partial charge in [-0.1, -0.05) is 49.4 Å². The van der Waals surface area contributed by atoms with Gasteiger partial charge >= 0.3 is 0 Å². The van der Waals surface area contributed by atoms with Crippen LogP contribution in [0.1, 0.15) is 30.6 Å². The quantitative estimate of drug-likeness (QED) is 0.647. The van der Waals surface area contributed by atoms with Gasteiger partial charge in [-0.2, -0.15) is 0 Å². The molecular formula is C22H32N2O2. The lowest BCUT2D eigenvalue weighted by molar-refractivity contribution is 0.0894. The first kappa shape index (κ1) is 20.4. The molecule has 4 heteroatoms. The van der Waals surface area contributed by atoms with Crippen LogP contribution in [-0.4, -0.2) is 43.8 Å². The zero-order valence-corrected chi connectivity index (χ0v) is 16.2. The monoisotopic (exact) mass is 356 g/mol. The Bertz CT molecular complexity index is 631. The van der Waals surface area contributed by atoms with Gasteiger partial charge in [0.25, 0.3) is 0 Å². The fourth-order valence-electron chi connectivity index (χ4n) is 3.03. The van der Waals surface area contributed by atoms with E-state index in [-0.39, 0.29) is 5.92 Å². The van der Waals surface area contributed by atoms with Crippen molar-refractivity contribution >= 4 is 0 Å². The highest BCUT2D eigenvalue weighted by Crippen LogP contribution is 2.22. The Morgan fingerprint density at radius 2 is 1.85 bits per heavy atom. The lowest BCUT2D eigenvalue weighted by Crippen LogP contribution is -2.34. The van der Waals surface area contributed by atoms with Crippen molar-refractivity contribution in [1.29, 1.82) is 0 Å². The minimum Gasteiger partial charge on any atom is -0.494 e. The molecule has 2 rings (SSSR count). The van der Waals surface area contributed by atoms with Gasteiger partial charge in [-0.15, -0.1) is 0 Å². The molecule has 0 fully saturated rings. The molecule has 2 aromatic rings. The highest BCUT2D eigenvalue weighted by Gasteiger charge is 2.21. The number of ether oxygens (including phenoxy) is 1. The van der Waals surface area contributed by atoms with Gasteiger partial charge in [-0.3, -0.25) is 0 Å². The van der Waals surface area contributed by atoms with Crippen molar-refractivity contribution in [3.8, 4) is 5.75 Å². The van der Waals surface area contributed by atoms with Gasteiger partial charge in [0.05, 0.1) is 12.7 Å². The van der Waals surface area contributed by atoms with Gasteiger partial charge in [-0.05, 0) is 43.8 Å². The number of hydrogen-bond acceptors (Lipinski definition) is 4. The number of nitrogens with one attached hydrogen (secondary N) is 1. The minimum absolute atomic E-state index is 0.118. The summed E-state index contributed by atoms with van der Waals surface area (Å²) in [5.41, 5.74) is 2.16. The lowest BCUT2D eigenvalue weighted by atomic mass is 9.95. The van der Waals surface area contributed by atoms with E-state index >= 15 is 0 Å². The van der Waals surface area contributed by atoms with Crippen LogP contribution in [0, 0.1) is 5.92 Å². The number of hydrogen-bond donors (Lipinski definition) is 2. The van der Waals surface area contributed by atoms with Crippen LogP contribution in [0.25, 0.3) is 0 Å². The highest BCUT2D eigenvalue weighted by molar-refractivity contribution is 5.28. The van der Waals surface area contributed by atoms with Gasteiger partial charge in [0.15, 0.2) is 0 Å². The van der Waals surface area contributed by atoms with Crippen molar-refractivity contribution in [3.63, 3.8) is 0 Å². The van der Waals surface area contributed by atoms with Crippen molar-refractivity contribution in [3.05, 3.63) is 65.7 Å². The third kappa shape index (κ3) is 6.79. The summed E-state index contributed by atoms with van der Waals surface area (Å²) in [6, 6.07) is 18.1. The second-order valence-corrected chi connectivity index (χ2v) is 7.00. The standard InChI is InChI=1S/C22H32N2O2/c1-4-13-26-21-12-8-9-18(14-21)15-23-16-20(17-24(2)3)22(25)19-10-6-5-7-11-19/h5-12,14,20,22-23,25H,4,13,15-17H2,1-3H3/t20-,22+/m0/s1. The third-order valence-corrected chi connectivity index (χ3v) is 4.29. The zero-order chi connectivity index (χ0) is 18.8. The summed E-state index contributed by atoms with van der Waals surface area (Å²) >= 11 is 0. The van der Waals surface area contributed by atoms with E-state index in [2.05, 4.69) is 29.3 Å². The van der Waals surface area contributed by atoms with Crippen molar-refractivity contribution < 1.29 is 9.84 Å². The maximum Gasteiger partial charge on any atom is 0.119 e. The number of benzene rings is 2. The molecule has 142 valence electrons. The Kier molecular flexibility index (Phi) is 8.62. The fourth-order valence-corrected chi connectivity index (χ4v) is 3.03. The SMILES string of the molecule is CCCOc1cccc(CNC[C@@H](CN(C)C)[C@H](O)c2ccccc2)c1. The summed E-state index contributed by atoms with van der Waals surface area (Å²) in [5.74, 6) is 1.03. The van der Waals surface area contributed by atoms with Gasteiger partial charge in [-0.25, -0.2) is 0 Å². The fraction of sp³-hybridized carbons (Fsp3) is 0.455. The Morgan fingerprint density at radius 1 is 1.08 bits per heavy atom. The van der Waals surface area contributed by atoms with Gasteiger partial charge in [0.1, 0.15) is 5.75 Å². The number of aliphatic hydroxyl groups is 1. The van der Waals surface area contributed by atoms with E-state index in [1.54, 1.807) is 0 Å². The first-order valence-electron chi connectivity index (χ1n) is 9.40. The van der Waals surface area contributed by atoms with E-state index in [4.69, 9.17) is 4.74 Å². The molecule has 0 saturated heterocycles. The Hall–Kier alpha value is -1.88. The first-order chi connectivity index (χ1) is 12.6. The smallest absolute Gasteiger partial charge is 0.119 e. The topological polar surface area (TPSA) is 44.7 Å². The lowest BCUT2D eigenvalue weighted by Gasteiger charge is -2.26. The first-order valence-corrected chi connectivity index (χ1v) is 9.40. The second kappa shape index (κ2) is 11.0. The summed E-state index contributed by atoms with van der Waals surface area (Å²) < 4.78 is 5.70. The van der Waals surface area contributed by atoms with Gasteiger partial charge in [0.2, 0.25) is 0 Å². The van der Waals surface area contributed by atoms with Crippen LogP contribution >= 0.6 is 0 Å². The molecule has 0 aromatic heterocycles. The van der Waals surface area contributed by atoms with Crippen LogP contribution in [-0.2, 0) is 6.54 Å². The zero-order valence-electron chi connectivity index (χ0n) is 16.2. The predicted molar refractivity (Wildman–Crippen MR) is 107 cm³/mol. The van der Waals surface area contributed by atoms with Gasteiger partial charge in [0, 0.05) is 25.6 Å². The average molecular weight is 357 g/mol. The number of rotatable bonds is 11. The summed E-state index contributed by atoms with van der Waals surface area (Å²) in [6.07, 6.45) is 0.525. The van der Waals surface area contributed by atoms with Crippen molar-refractivity contribution in [2.45, 2.75) is 26.0 Å². The van der Waals surface area contributed by atoms with Crippen molar-refractivity contribution in [2.75, 3.05) is 33.8 Å². The van der Waals surface area contributed by atoms with E-state index in [0.717, 1.165) is 44.0 Å².